The van der Waals surface area contributed by atoms with Crippen LogP contribution in [0.25, 0.3) is 10.9 Å². The Labute approximate surface area is 134 Å². The molecule has 0 atom stereocenters. The van der Waals surface area contributed by atoms with E-state index in [-0.39, 0.29) is 5.91 Å². The average Bonchev–Trinajstić information content (AvgIpc) is 2.85. The van der Waals surface area contributed by atoms with Crippen LogP contribution < -0.4 is 5.32 Å². The standard InChI is InChI=1S/C18H17ClN2O/c1-11-4-3-5-12(2)18(11)21-17(22)8-13-10-20-16-7-6-14(19)9-15(13)16/h3-7,9-10,20H,8H2,1-2H3,(H,21,22). The van der Waals surface area contributed by atoms with Gasteiger partial charge in [0.05, 0.1) is 6.42 Å². The molecule has 0 saturated heterocycles. The molecule has 1 aromatic heterocycles. The fraction of sp³-hybridized carbons (Fsp3) is 0.167. The summed E-state index contributed by atoms with van der Waals surface area (Å²) in [5, 5.41) is 4.67. The van der Waals surface area contributed by atoms with E-state index in [1.807, 2.05) is 56.4 Å². The highest BCUT2D eigenvalue weighted by Gasteiger charge is 2.11. The predicted molar refractivity (Wildman–Crippen MR) is 91.6 cm³/mol. The summed E-state index contributed by atoms with van der Waals surface area (Å²) in [6, 6.07) is 11.6. The van der Waals surface area contributed by atoms with Crippen molar-refractivity contribution in [1.29, 1.82) is 0 Å². The van der Waals surface area contributed by atoms with Crippen LogP contribution in [0.15, 0.2) is 42.6 Å². The highest BCUT2D eigenvalue weighted by Crippen LogP contribution is 2.24. The first-order chi connectivity index (χ1) is 10.5. The Hall–Kier alpha value is -2.26. The predicted octanol–water partition coefficient (Wildman–Crippen LogP) is 4.62. The smallest absolute Gasteiger partial charge is 0.228 e. The van der Waals surface area contributed by atoms with Gasteiger partial charge in [-0.25, -0.2) is 0 Å². The monoisotopic (exact) mass is 312 g/mol. The number of carbonyl (C=O) groups excluding carboxylic acids is 1. The summed E-state index contributed by atoms with van der Waals surface area (Å²) in [4.78, 5) is 15.5. The number of benzene rings is 2. The highest BCUT2D eigenvalue weighted by molar-refractivity contribution is 6.31. The lowest BCUT2D eigenvalue weighted by atomic mass is 10.1. The normalized spacial score (nSPS) is 10.9. The van der Waals surface area contributed by atoms with Crippen molar-refractivity contribution in [2.75, 3.05) is 5.32 Å². The van der Waals surface area contributed by atoms with Crippen molar-refractivity contribution >= 4 is 34.1 Å². The van der Waals surface area contributed by atoms with Crippen LogP contribution in [0.1, 0.15) is 16.7 Å². The highest BCUT2D eigenvalue weighted by atomic mass is 35.5. The number of rotatable bonds is 3. The number of aromatic amines is 1. The van der Waals surface area contributed by atoms with E-state index in [4.69, 9.17) is 11.6 Å². The molecule has 0 unspecified atom stereocenters. The molecule has 3 nitrogen and oxygen atoms in total. The van der Waals surface area contributed by atoms with Crippen LogP contribution in [0.3, 0.4) is 0 Å². The molecule has 0 aliphatic carbocycles. The molecule has 1 heterocycles. The maximum absolute atomic E-state index is 12.4. The Morgan fingerprint density at radius 1 is 1.18 bits per heavy atom. The molecule has 0 saturated carbocycles. The number of para-hydroxylation sites is 1. The minimum Gasteiger partial charge on any atom is -0.361 e. The zero-order chi connectivity index (χ0) is 15.7. The summed E-state index contributed by atoms with van der Waals surface area (Å²) in [6.45, 7) is 3.99. The van der Waals surface area contributed by atoms with Crippen molar-refractivity contribution in [1.82, 2.24) is 4.98 Å². The Bertz CT molecular complexity index is 831. The number of carbonyl (C=O) groups is 1. The van der Waals surface area contributed by atoms with Gasteiger partial charge >= 0.3 is 0 Å². The van der Waals surface area contributed by atoms with Gasteiger partial charge in [0, 0.05) is 27.8 Å². The number of hydrogen-bond acceptors (Lipinski definition) is 1. The fourth-order valence-electron chi connectivity index (χ4n) is 2.67. The van der Waals surface area contributed by atoms with E-state index in [0.29, 0.717) is 11.4 Å². The quantitative estimate of drug-likeness (QED) is 0.728. The van der Waals surface area contributed by atoms with E-state index in [0.717, 1.165) is 33.3 Å². The lowest BCUT2D eigenvalue weighted by molar-refractivity contribution is -0.115. The average molecular weight is 313 g/mol. The molecule has 3 aromatic rings. The maximum atomic E-state index is 12.4. The first-order valence-corrected chi connectivity index (χ1v) is 7.54. The lowest BCUT2D eigenvalue weighted by Crippen LogP contribution is -2.15. The number of aromatic nitrogens is 1. The number of H-pyrrole nitrogens is 1. The Morgan fingerprint density at radius 3 is 2.64 bits per heavy atom. The molecule has 2 N–H and O–H groups in total. The summed E-state index contributed by atoms with van der Waals surface area (Å²) in [7, 11) is 0. The van der Waals surface area contributed by atoms with Crippen LogP contribution >= 0.6 is 11.6 Å². The van der Waals surface area contributed by atoms with Gasteiger partial charge in [-0.05, 0) is 48.7 Å². The largest absolute Gasteiger partial charge is 0.361 e. The maximum Gasteiger partial charge on any atom is 0.228 e. The second-order valence-corrected chi connectivity index (χ2v) is 5.93. The molecular formula is C18H17ClN2O. The van der Waals surface area contributed by atoms with E-state index < -0.39 is 0 Å². The van der Waals surface area contributed by atoms with E-state index >= 15 is 0 Å². The minimum absolute atomic E-state index is 0.0294. The van der Waals surface area contributed by atoms with Crippen LogP contribution in [0.5, 0.6) is 0 Å². The first-order valence-electron chi connectivity index (χ1n) is 7.16. The van der Waals surface area contributed by atoms with Gasteiger partial charge in [0.15, 0.2) is 0 Å². The minimum atomic E-state index is -0.0294. The van der Waals surface area contributed by atoms with Crippen LogP contribution in [0.2, 0.25) is 5.02 Å². The fourth-order valence-corrected chi connectivity index (χ4v) is 2.84. The van der Waals surface area contributed by atoms with E-state index in [2.05, 4.69) is 10.3 Å². The van der Waals surface area contributed by atoms with Crippen LogP contribution in [0, 0.1) is 13.8 Å². The van der Waals surface area contributed by atoms with Gasteiger partial charge in [0.1, 0.15) is 0 Å². The molecule has 2 aromatic carbocycles. The molecule has 3 rings (SSSR count). The summed E-state index contributed by atoms with van der Waals surface area (Å²) in [5.74, 6) is -0.0294. The summed E-state index contributed by atoms with van der Waals surface area (Å²) < 4.78 is 0. The Balaban J connectivity index is 1.83. The molecule has 1 amide bonds. The zero-order valence-electron chi connectivity index (χ0n) is 12.5. The van der Waals surface area contributed by atoms with Crippen molar-refractivity contribution in [2.45, 2.75) is 20.3 Å². The molecule has 22 heavy (non-hydrogen) atoms. The van der Waals surface area contributed by atoms with Crippen molar-refractivity contribution in [3.8, 4) is 0 Å². The first kappa shape index (κ1) is 14.7. The van der Waals surface area contributed by atoms with E-state index in [1.54, 1.807) is 0 Å². The summed E-state index contributed by atoms with van der Waals surface area (Å²) in [5.41, 5.74) is 4.96. The molecule has 0 fully saturated rings. The molecule has 0 spiro atoms. The van der Waals surface area contributed by atoms with Crippen LogP contribution in [-0.2, 0) is 11.2 Å². The van der Waals surface area contributed by atoms with Gasteiger partial charge in [-0.3, -0.25) is 4.79 Å². The summed E-state index contributed by atoms with van der Waals surface area (Å²) >= 11 is 6.04. The molecule has 0 aliphatic rings. The lowest BCUT2D eigenvalue weighted by Gasteiger charge is -2.11. The second kappa shape index (κ2) is 5.85. The van der Waals surface area contributed by atoms with E-state index in [1.165, 1.54) is 0 Å². The van der Waals surface area contributed by atoms with Crippen LogP contribution in [-0.4, -0.2) is 10.9 Å². The van der Waals surface area contributed by atoms with Crippen molar-refractivity contribution in [3.63, 3.8) is 0 Å². The van der Waals surface area contributed by atoms with Gasteiger partial charge in [0.25, 0.3) is 0 Å². The van der Waals surface area contributed by atoms with Crippen molar-refractivity contribution in [3.05, 3.63) is 64.3 Å². The van der Waals surface area contributed by atoms with Gasteiger partial charge < -0.3 is 10.3 Å². The topological polar surface area (TPSA) is 44.9 Å². The van der Waals surface area contributed by atoms with Crippen LogP contribution in [0.4, 0.5) is 5.69 Å². The van der Waals surface area contributed by atoms with Gasteiger partial charge in [-0.1, -0.05) is 29.8 Å². The van der Waals surface area contributed by atoms with Gasteiger partial charge in [-0.15, -0.1) is 0 Å². The van der Waals surface area contributed by atoms with Gasteiger partial charge in [-0.2, -0.15) is 0 Å². The summed E-state index contributed by atoms with van der Waals surface area (Å²) in [6.07, 6.45) is 2.18. The third-order valence-corrected chi connectivity index (χ3v) is 4.06. The van der Waals surface area contributed by atoms with Crippen molar-refractivity contribution < 1.29 is 4.79 Å². The molecule has 0 aliphatic heterocycles. The van der Waals surface area contributed by atoms with Gasteiger partial charge in [0.2, 0.25) is 5.91 Å². The molecule has 112 valence electrons. The number of hydrogen-bond donors (Lipinski definition) is 2. The number of halogens is 1. The third kappa shape index (κ3) is 2.85. The number of anilines is 1. The SMILES string of the molecule is Cc1cccc(C)c1NC(=O)Cc1c[nH]c2ccc(Cl)cc12. The third-order valence-electron chi connectivity index (χ3n) is 3.83. The zero-order valence-corrected chi connectivity index (χ0v) is 13.3. The molecule has 0 radical (unpaired) electrons. The van der Waals surface area contributed by atoms with E-state index in [9.17, 15) is 4.79 Å². The number of amides is 1. The van der Waals surface area contributed by atoms with Crippen molar-refractivity contribution in [2.24, 2.45) is 0 Å². The number of fused-ring (bicyclic) bond motifs is 1. The second-order valence-electron chi connectivity index (χ2n) is 5.50. The number of nitrogens with one attached hydrogen (secondary N) is 2. The Kier molecular flexibility index (Phi) is 3.90. The molecule has 4 heteroatoms. The molecule has 0 bridgehead atoms. The number of aryl methyl sites for hydroxylation is 2. The Morgan fingerprint density at radius 2 is 1.91 bits per heavy atom. The molecular weight excluding hydrogens is 296 g/mol.